The number of nitrogens with one attached hydrogen (secondary N) is 2. The normalized spacial score (nSPS) is 9.56. The van der Waals surface area contributed by atoms with Crippen molar-refractivity contribution >= 4 is 16.8 Å². The van der Waals surface area contributed by atoms with Gasteiger partial charge in [0.15, 0.2) is 0 Å². The van der Waals surface area contributed by atoms with Crippen molar-refractivity contribution in [3.05, 3.63) is 36.0 Å². The van der Waals surface area contributed by atoms with E-state index < -0.39 is 0 Å². The molecule has 0 aliphatic carbocycles. The van der Waals surface area contributed by atoms with Gasteiger partial charge in [0.05, 0.1) is 6.54 Å². The van der Waals surface area contributed by atoms with E-state index in [0.717, 1.165) is 16.5 Å². The molecule has 0 spiro atoms. The molecule has 1 aromatic carbocycles. The van der Waals surface area contributed by atoms with Crippen LogP contribution in [-0.4, -0.2) is 17.4 Å². The first-order valence-electron chi connectivity index (χ1n) is 5.07. The quantitative estimate of drug-likeness (QED) is 0.694. The third-order valence-electron chi connectivity index (χ3n) is 2.24. The first kappa shape index (κ1) is 10.3. The molecule has 0 bridgehead atoms. The SMILES string of the molecule is CC(=O)NCC#Cc1cccc2[nH]ccc12. The summed E-state index contributed by atoms with van der Waals surface area (Å²) in [5.41, 5.74) is 2.05. The van der Waals surface area contributed by atoms with Crippen molar-refractivity contribution in [1.82, 2.24) is 10.3 Å². The topological polar surface area (TPSA) is 44.9 Å². The van der Waals surface area contributed by atoms with E-state index in [9.17, 15) is 4.79 Å². The fourth-order valence-corrected chi connectivity index (χ4v) is 1.50. The molecule has 0 saturated carbocycles. The van der Waals surface area contributed by atoms with Gasteiger partial charge in [-0.3, -0.25) is 4.79 Å². The summed E-state index contributed by atoms with van der Waals surface area (Å²) in [6.45, 7) is 1.87. The van der Waals surface area contributed by atoms with Crippen molar-refractivity contribution in [2.24, 2.45) is 0 Å². The van der Waals surface area contributed by atoms with Crippen molar-refractivity contribution in [2.45, 2.75) is 6.92 Å². The molecule has 0 atom stereocenters. The van der Waals surface area contributed by atoms with Crippen LogP contribution < -0.4 is 5.32 Å². The van der Waals surface area contributed by atoms with E-state index in [1.807, 2.05) is 30.5 Å². The van der Waals surface area contributed by atoms with E-state index >= 15 is 0 Å². The number of aromatic nitrogens is 1. The predicted molar refractivity (Wildman–Crippen MR) is 63.9 cm³/mol. The molecule has 0 radical (unpaired) electrons. The zero-order valence-corrected chi connectivity index (χ0v) is 9.00. The van der Waals surface area contributed by atoms with E-state index in [0.29, 0.717) is 6.54 Å². The van der Waals surface area contributed by atoms with Crippen LogP contribution in [0.1, 0.15) is 12.5 Å². The monoisotopic (exact) mass is 212 g/mol. The smallest absolute Gasteiger partial charge is 0.217 e. The second-order valence-electron chi connectivity index (χ2n) is 3.46. The average molecular weight is 212 g/mol. The minimum Gasteiger partial charge on any atom is -0.361 e. The van der Waals surface area contributed by atoms with Crippen LogP contribution in [0.3, 0.4) is 0 Å². The lowest BCUT2D eigenvalue weighted by Gasteiger charge is -1.94. The molecular formula is C13H12N2O. The molecule has 1 heterocycles. The van der Waals surface area contributed by atoms with Crippen molar-refractivity contribution in [2.75, 3.05) is 6.54 Å². The van der Waals surface area contributed by atoms with E-state index in [1.54, 1.807) is 0 Å². The number of hydrogen-bond acceptors (Lipinski definition) is 1. The molecular weight excluding hydrogens is 200 g/mol. The summed E-state index contributed by atoms with van der Waals surface area (Å²) in [5, 5.41) is 3.75. The average Bonchev–Trinajstić information content (AvgIpc) is 2.72. The van der Waals surface area contributed by atoms with Crippen molar-refractivity contribution < 1.29 is 4.79 Å². The molecule has 0 fully saturated rings. The molecule has 0 aliphatic rings. The van der Waals surface area contributed by atoms with Gasteiger partial charge >= 0.3 is 0 Å². The zero-order chi connectivity index (χ0) is 11.4. The minimum atomic E-state index is -0.0610. The lowest BCUT2D eigenvalue weighted by atomic mass is 10.1. The van der Waals surface area contributed by atoms with Crippen molar-refractivity contribution in [3.63, 3.8) is 0 Å². The Morgan fingerprint density at radius 2 is 2.31 bits per heavy atom. The van der Waals surface area contributed by atoms with Crippen molar-refractivity contribution in [1.29, 1.82) is 0 Å². The van der Waals surface area contributed by atoms with Gasteiger partial charge in [-0.2, -0.15) is 0 Å². The van der Waals surface area contributed by atoms with E-state index in [4.69, 9.17) is 0 Å². The van der Waals surface area contributed by atoms with E-state index in [1.165, 1.54) is 6.92 Å². The summed E-state index contributed by atoms with van der Waals surface area (Å²) >= 11 is 0. The second-order valence-corrected chi connectivity index (χ2v) is 3.46. The molecule has 2 N–H and O–H groups in total. The van der Waals surface area contributed by atoms with Crippen molar-refractivity contribution in [3.8, 4) is 11.8 Å². The maximum Gasteiger partial charge on any atom is 0.217 e. The Bertz CT molecular complexity index is 572. The number of aromatic amines is 1. The molecule has 3 heteroatoms. The third-order valence-corrected chi connectivity index (χ3v) is 2.24. The number of hydrogen-bond donors (Lipinski definition) is 2. The van der Waals surface area contributed by atoms with Gasteiger partial charge in [-0.25, -0.2) is 0 Å². The molecule has 0 unspecified atom stereocenters. The Hall–Kier alpha value is -2.21. The highest BCUT2D eigenvalue weighted by Crippen LogP contribution is 2.15. The predicted octanol–water partition coefficient (Wildman–Crippen LogP) is 1.66. The highest BCUT2D eigenvalue weighted by atomic mass is 16.1. The molecule has 80 valence electrons. The van der Waals surface area contributed by atoms with Crippen LogP contribution in [0.15, 0.2) is 30.5 Å². The minimum absolute atomic E-state index is 0.0610. The van der Waals surface area contributed by atoms with Gasteiger partial charge in [0.2, 0.25) is 5.91 Å². The summed E-state index contributed by atoms with van der Waals surface area (Å²) in [6.07, 6.45) is 1.89. The Kier molecular flexibility index (Phi) is 2.93. The molecule has 1 aromatic heterocycles. The summed E-state index contributed by atoms with van der Waals surface area (Å²) in [6, 6.07) is 7.93. The zero-order valence-electron chi connectivity index (χ0n) is 9.00. The van der Waals surface area contributed by atoms with Gasteiger partial charge < -0.3 is 10.3 Å². The molecule has 2 aromatic rings. The summed E-state index contributed by atoms with van der Waals surface area (Å²) in [7, 11) is 0. The van der Waals surface area contributed by atoms with Gasteiger partial charge in [-0.05, 0) is 18.2 Å². The van der Waals surface area contributed by atoms with Crippen LogP contribution in [0.5, 0.6) is 0 Å². The lowest BCUT2D eigenvalue weighted by molar-refractivity contribution is -0.118. The Morgan fingerprint density at radius 1 is 1.44 bits per heavy atom. The van der Waals surface area contributed by atoms with Crippen LogP contribution in [0.25, 0.3) is 10.9 Å². The van der Waals surface area contributed by atoms with Gasteiger partial charge in [0.1, 0.15) is 0 Å². The van der Waals surface area contributed by atoms with Crippen LogP contribution in [0.4, 0.5) is 0 Å². The number of amides is 1. The van der Waals surface area contributed by atoms with Crippen LogP contribution in [0, 0.1) is 11.8 Å². The van der Waals surface area contributed by atoms with Crippen LogP contribution in [-0.2, 0) is 4.79 Å². The summed E-state index contributed by atoms with van der Waals surface area (Å²) in [4.78, 5) is 13.8. The lowest BCUT2D eigenvalue weighted by Crippen LogP contribution is -2.19. The molecule has 3 nitrogen and oxygen atoms in total. The fraction of sp³-hybridized carbons (Fsp3) is 0.154. The Balaban J connectivity index is 2.20. The first-order valence-corrected chi connectivity index (χ1v) is 5.07. The van der Waals surface area contributed by atoms with Gasteiger partial charge in [0, 0.05) is 29.6 Å². The van der Waals surface area contributed by atoms with Gasteiger partial charge in [-0.1, -0.05) is 17.9 Å². The first-order chi connectivity index (χ1) is 7.77. The third kappa shape index (κ3) is 2.23. The van der Waals surface area contributed by atoms with Crippen LogP contribution in [0.2, 0.25) is 0 Å². The maximum atomic E-state index is 10.6. The highest BCUT2D eigenvalue weighted by molar-refractivity contribution is 5.85. The number of benzene rings is 1. The maximum absolute atomic E-state index is 10.6. The number of rotatable bonds is 1. The van der Waals surface area contributed by atoms with E-state index in [2.05, 4.69) is 22.1 Å². The number of carbonyl (C=O) groups is 1. The largest absolute Gasteiger partial charge is 0.361 e. The van der Waals surface area contributed by atoms with Gasteiger partial charge in [0.25, 0.3) is 0 Å². The molecule has 0 aliphatic heterocycles. The van der Waals surface area contributed by atoms with Crippen LogP contribution >= 0.6 is 0 Å². The molecule has 16 heavy (non-hydrogen) atoms. The number of fused-ring (bicyclic) bond motifs is 1. The number of H-pyrrole nitrogens is 1. The summed E-state index contributed by atoms with van der Waals surface area (Å²) < 4.78 is 0. The summed E-state index contributed by atoms with van der Waals surface area (Å²) in [5.74, 6) is 5.90. The van der Waals surface area contributed by atoms with E-state index in [-0.39, 0.29) is 5.91 Å². The second kappa shape index (κ2) is 4.54. The van der Waals surface area contributed by atoms with Gasteiger partial charge in [-0.15, -0.1) is 0 Å². The fourth-order valence-electron chi connectivity index (χ4n) is 1.50. The molecule has 1 amide bonds. The highest BCUT2D eigenvalue weighted by Gasteiger charge is 1.97. The molecule has 2 rings (SSSR count). The number of carbonyl (C=O) groups excluding carboxylic acids is 1. The standard InChI is InChI=1S/C13H12N2O/c1-10(16)14-8-3-5-11-4-2-6-13-12(11)7-9-15-13/h2,4,6-7,9,15H,8H2,1H3,(H,14,16). The molecule has 0 saturated heterocycles. The Labute approximate surface area is 93.9 Å². The Morgan fingerprint density at radius 3 is 3.12 bits per heavy atom.